The van der Waals surface area contributed by atoms with Gasteiger partial charge in [-0.3, -0.25) is 0 Å². The maximum Gasteiger partial charge on any atom is 0.0130 e. The summed E-state index contributed by atoms with van der Waals surface area (Å²) in [4.78, 5) is 2.70. The summed E-state index contributed by atoms with van der Waals surface area (Å²) in [5, 5.41) is 0. The van der Waals surface area contributed by atoms with E-state index in [9.17, 15) is 0 Å². The first-order valence-corrected chi connectivity index (χ1v) is 8.49. The minimum atomic E-state index is 0.802. The summed E-state index contributed by atoms with van der Waals surface area (Å²) in [6, 6.07) is 11.1. The Kier molecular flexibility index (Phi) is 4.16. The minimum absolute atomic E-state index is 0.802. The molecule has 2 bridgehead atoms. The summed E-state index contributed by atoms with van der Waals surface area (Å²) in [5.74, 6) is 1.68. The van der Waals surface area contributed by atoms with Gasteiger partial charge in [-0.15, -0.1) is 0 Å². The fourth-order valence-electron chi connectivity index (χ4n) is 4.61. The van der Waals surface area contributed by atoms with E-state index in [1.165, 1.54) is 44.1 Å². The first kappa shape index (κ1) is 14.1. The predicted molar refractivity (Wildman–Crippen MR) is 86.1 cm³/mol. The quantitative estimate of drug-likeness (QED) is 0.763. The van der Waals surface area contributed by atoms with Gasteiger partial charge in [-0.05, 0) is 57.1 Å². The van der Waals surface area contributed by atoms with E-state index in [2.05, 4.69) is 50.1 Å². The van der Waals surface area contributed by atoms with Crippen molar-refractivity contribution in [1.29, 1.82) is 0 Å². The number of benzene rings is 1. The summed E-state index contributed by atoms with van der Waals surface area (Å²) in [6.45, 7) is 4.52. The van der Waals surface area contributed by atoms with Gasteiger partial charge in [0.15, 0.2) is 0 Å². The molecular formula is C19H29N. The van der Waals surface area contributed by atoms with Crippen LogP contribution in [0.3, 0.4) is 0 Å². The molecule has 20 heavy (non-hydrogen) atoms. The van der Waals surface area contributed by atoms with Gasteiger partial charge in [0, 0.05) is 12.1 Å². The Balaban J connectivity index is 1.85. The summed E-state index contributed by atoms with van der Waals surface area (Å²) in [6.07, 6.45) is 8.37. The first-order chi connectivity index (χ1) is 9.70. The van der Waals surface area contributed by atoms with Crippen molar-refractivity contribution >= 4 is 0 Å². The molecule has 0 spiro atoms. The lowest BCUT2D eigenvalue weighted by Gasteiger charge is -2.43. The van der Waals surface area contributed by atoms with Crippen molar-refractivity contribution in [2.45, 2.75) is 70.4 Å². The molecule has 4 atom stereocenters. The van der Waals surface area contributed by atoms with Gasteiger partial charge in [-0.25, -0.2) is 0 Å². The van der Waals surface area contributed by atoms with E-state index in [0.717, 1.165) is 23.9 Å². The molecule has 2 aliphatic heterocycles. The molecule has 0 amide bonds. The lowest BCUT2D eigenvalue weighted by Crippen LogP contribution is -2.45. The van der Waals surface area contributed by atoms with Crippen LogP contribution in [0.4, 0.5) is 0 Å². The van der Waals surface area contributed by atoms with E-state index in [0.29, 0.717) is 0 Å². The highest BCUT2D eigenvalue weighted by Gasteiger charge is 2.45. The molecule has 2 aliphatic rings. The fourth-order valence-corrected chi connectivity index (χ4v) is 4.61. The van der Waals surface area contributed by atoms with Gasteiger partial charge in [0.25, 0.3) is 0 Å². The molecule has 0 aromatic heterocycles. The van der Waals surface area contributed by atoms with Crippen molar-refractivity contribution in [3.63, 3.8) is 0 Å². The molecule has 2 heterocycles. The SMILES string of the molecule is CCCC[C@H]1[C@@H](c2ccc(C)cc2)C[C@@H]2CC[C@H]1N2C. The van der Waals surface area contributed by atoms with Crippen LogP contribution in [0, 0.1) is 12.8 Å². The number of aryl methyl sites for hydroxylation is 1. The molecule has 0 aliphatic carbocycles. The Bertz CT molecular complexity index is 436. The highest BCUT2D eigenvalue weighted by atomic mass is 15.2. The Morgan fingerprint density at radius 1 is 1.15 bits per heavy atom. The van der Waals surface area contributed by atoms with Gasteiger partial charge in [0.05, 0.1) is 0 Å². The summed E-state index contributed by atoms with van der Waals surface area (Å²) < 4.78 is 0. The number of hydrogen-bond donors (Lipinski definition) is 0. The average Bonchev–Trinajstić information content (AvgIpc) is 2.71. The highest BCUT2D eigenvalue weighted by molar-refractivity contribution is 5.27. The lowest BCUT2D eigenvalue weighted by atomic mass is 9.74. The largest absolute Gasteiger partial charge is 0.300 e. The standard InChI is InChI=1S/C19H29N/c1-4-5-6-17-18(15-9-7-14(2)8-10-15)13-16-11-12-19(17)20(16)3/h7-10,16-19H,4-6,11-13H2,1-3H3/t16-,17-,18+,19+/m0/s1. The van der Waals surface area contributed by atoms with Crippen molar-refractivity contribution in [1.82, 2.24) is 4.90 Å². The van der Waals surface area contributed by atoms with Crippen LogP contribution in [0.5, 0.6) is 0 Å². The Hall–Kier alpha value is -0.820. The van der Waals surface area contributed by atoms with Crippen molar-refractivity contribution < 1.29 is 0 Å². The second-order valence-electron chi connectivity index (χ2n) is 7.02. The maximum atomic E-state index is 2.70. The molecule has 0 unspecified atom stereocenters. The van der Waals surface area contributed by atoms with Gasteiger partial charge in [0.1, 0.15) is 0 Å². The van der Waals surface area contributed by atoms with Gasteiger partial charge >= 0.3 is 0 Å². The molecule has 1 heteroatoms. The fraction of sp³-hybridized carbons (Fsp3) is 0.684. The van der Waals surface area contributed by atoms with Gasteiger partial charge in [-0.2, -0.15) is 0 Å². The third kappa shape index (κ3) is 2.53. The first-order valence-electron chi connectivity index (χ1n) is 8.49. The Morgan fingerprint density at radius 3 is 2.60 bits per heavy atom. The highest BCUT2D eigenvalue weighted by Crippen LogP contribution is 2.47. The number of fused-ring (bicyclic) bond motifs is 2. The summed E-state index contributed by atoms with van der Waals surface area (Å²) in [7, 11) is 2.37. The van der Waals surface area contributed by atoms with Crippen LogP contribution in [0.1, 0.15) is 62.5 Å². The summed E-state index contributed by atoms with van der Waals surface area (Å²) >= 11 is 0. The Morgan fingerprint density at radius 2 is 1.90 bits per heavy atom. The zero-order valence-corrected chi connectivity index (χ0v) is 13.3. The van der Waals surface area contributed by atoms with Crippen LogP contribution in [0.2, 0.25) is 0 Å². The maximum absolute atomic E-state index is 2.70. The number of piperidine rings is 1. The molecule has 110 valence electrons. The van der Waals surface area contributed by atoms with Crippen LogP contribution in [-0.4, -0.2) is 24.0 Å². The van der Waals surface area contributed by atoms with Crippen LogP contribution in [0.15, 0.2) is 24.3 Å². The molecule has 0 N–H and O–H groups in total. The third-order valence-electron chi connectivity index (χ3n) is 5.83. The number of rotatable bonds is 4. The van der Waals surface area contributed by atoms with E-state index in [1.807, 2.05) is 0 Å². The van der Waals surface area contributed by atoms with E-state index in [-0.39, 0.29) is 0 Å². The van der Waals surface area contributed by atoms with Crippen molar-refractivity contribution in [3.8, 4) is 0 Å². The smallest absolute Gasteiger partial charge is 0.0130 e. The molecule has 1 aromatic carbocycles. The van der Waals surface area contributed by atoms with Crippen LogP contribution < -0.4 is 0 Å². The molecule has 1 nitrogen and oxygen atoms in total. The van der Waals surface area contributed by atoms with Crippen molar-refractivity contribution in [3.05, 3.63) is 35.4 Å². The molecule has 0 radical (unpaired) electrons. The second kappa shape index (κ2) is 5.89. The van der Waals surface area contributed by atoms with Crippen LogP contribution in [-0.2, 0) is 0 Å². The number of hydrogen-bond acceptors (Lipinski definition) is 1. The van der Waals surface area contributed by atoms with Crippen LogP contribution >= 0.6 is 0 Å². The van der Waals surface area contributed by atoms with Crippen molar-refractivity contribution in [2.24, 2.45) is 5.92 Å². The molecule has 3 rings (SSSR count). The molecular weight excluding hydrogens is 242 g/mol. The van der Waals surface area contributed by atoms with Gasteiger partial charge in [-0.1, -0.05) is 49.6 Å². The normalized spacial score (nSPS) is 33.5. The van der Waals surface area contributed by atoms with Gasteiger partial charge < -0.3 is 4.90 Å². The van der Waals surface area contributed by atoms with Gasteiger partial charge in [0.2, 0.25) is 0 Å². The zero-order chi connectivity index (χ0) is 14.1. The third-order valence-corrected chi connectivity index (χ3v) is 5.83. The summed E-state index contributed by atoms with van der Waals surface area (Å²) in [5.41, 5.74) is 2.98. The monoisotopic (exact) mass is 271 g/mol. The van der Waals surface area contributed by atoms with Crippen molar-refractivity contribution in [2.75, 3.05) is 7.05 Å². The Labute approximate surface area is 124 Å². The number of unbranched alkanes of at least 4 members (excludes halogenated alkanes) is 1. The van der Waals surface area contributed by atoms with E-state index in [1.54, 1.807) is 5.56 Å². The molecule has 2 fully saturated rings. The predicted octanol–water partition coefficient (Wildman–Crippen LogP) is 4.75. The molecule has 1 aromatic rings. The van der Waals surface area contributed by atoms with E-state index < -0.39 is 0 Å². The molecule has 2 saturated heterocycles. The number of nitrogens with zero attached hydrogens (tertiary/aromatic N) is 1. The zero-order valence-electron chi connectivity index (χ0n) is 13.3. The second-order valence-corrected chi connectivity index (χ2v) is 7.02. The topological polar surface area (TPSA) is 3.24 Å². The van der Waals surface area contributed by atoms with Crippen LogP contribution in [0.25, 0.3) is 0 Å². The van der Waals surface area contributed by atoms with E-state index >= 15 is 0 Å². The lowest BCUT2D eigenvalue weighted by molar-refractivity contribution is 0.0931. The minimum Gasteiger partial charge on any atom is -0.300 e. The van der Waals surface area contributed by atoms with E-state index in [4.69, 9.17) is 0 Å². The molecule has 0 saturated carbocycles. The average molecular weight is 271 g/mol.